The molecule has 7 heteroatoms. The number of morpholine rings is 1. The van der Waals surface area contributed by atoms with Crippen molar-refractivity contribution < 1.29 is 9.53 Å². The zero-order chi connectivity index (χ0) is 20.2. The zero-order valence-corrected chi connectivity index (χ0v) is 17.9. The van der Waals surface area contributed by atoms with E-state index in [1.165, 1.54) is 45.3 Å². The van der Waals surface area contributed by atoms with E-state index in [0.29, 0.717) is 19.0 Å². The van der Waals surface area contributed by atoms with E-state index in [2.05, 4.69) is 27.1 Å². The van der Waals surface area contributed by atoms with Gasteiger partial charge in [0.05, 0.1) is 6.10 Å². The van der Waals surface area contributed by atoms with Crippen molar-refractivity contribution in [3.8, 4) is 0 Å². The van der Waals surface area contributed by atoms with Crippen molar-refractivity contribution in [3.63, 3.8) is 0 Å². The Kier molecular flexibility index (Phi) is 6.65. The van der Waals surface area contributed by atoms with Gasteiger partial charge in [-0.05, 0) is 64.0 Å². The molecule has 3 heterocycles. The molecule has 1 aliphatic carbocycles. The van der Waals surface area contributed by atoms with Crippen molar-refractivity contribution in [2.75, 3.05) is 51.2 Å². The maximum Gasteiger partial charge on any atom is 0.248 e. The average Bonchev–Trinajstić information content (AvgIpc) is 3.53. The highest BCUT2D eigenvalue weighted by Gasteiger charge is 2.31. The maximum absolute atomic E-state index is 12.4. The van der Waals surface area contributed by atoms with Crippen LogP contribution in [-0.4, -0.2) is 77.7 Å². The molecule has 0 bridgehead atoms. The number of likely N-dealkylation sites (tertiary alicyclic amines) is 1. The van der Waals surface area contributed by atoms with Gasteiger partial charge in [0.1, 0.15) is 18.2 Å². The molecule has 29 heavy (non-hydrogen) atoms. The second-order valence-electron chi connectivity index (χ2n) is 8.95. The first kappa shape index (κ1) is 20.5. The minimum absolute atomic E-state index is 0.00278. The highest BCUT2D eigenvalue weighted by atomic mass is 16.5. The fourth-order valence-corrected chi connectivity index (χ4v) is 4.43. The predicted octanol–water partition coefficient (Wildman–Crippen LogP) is 2.11. The summed E-state index contributed by atoms with van der Waals surface area (Å²) in [5.41, 5.74) is 1.04. The Morgan fingerprint density at radius 1 is 1.14 bits per heavy atom. The van der Waals surface area contributed by atoms with Crippen molar-refractivity contribution in [3.05, 3.63) is 17.6 Å². The van der Waals surface area contributed by atoms with Crippen molar-refractivity contribution in [1.82, 2.24) is 19.8 Å². The second kappa shape index (κ2) is 9.39. The van der Waals surface area contributed by atoms with E-state index in [-0.39, 0.29) is 18.6 Å². The van der Waals surface area contributed by atoms with E-state index < -0.39 is 0 Å². The zero-order valence-electron chi connectivity index (χ0n) is 17.9. The normalized spacial score (nSPS) is 24.1. The maximum atomic E-state index is 12.4. The molecular weight excluding hydrogens is 366 g/mol. The third kappa shape index (κ3) is 5.89. The van der Waals surface area contributed by atoms with E-state index >= 15 is 0 Å². The van der Waals surface area contributed by atoms with Crippen LogP contribution in [0.4, 0.5) is 5.82 Å². The summed E-state index contributed by atoms with van der Waals surface area (Å²) in [6.07, 6.45) is 6.15. The van der Waals surface area contributed by atoms with Gasteiger partial charge in [-0.1, -0.05) is 6.92 Å². The van der Waals surface area contributed by atoms with E-state index in [1.807, 2.05) is 17.9 Å². The molecule has 1 N–H and O–H groups in total. The number of nitrogens with one attached hydrogen (secondary N) is 1. The van der Waals surface area contributed by atoms with Gasteiger partial charge in [-0.3, -0.25) is 4.79 Å². The van der Waals surface area contributed by atoms with Crippen LogP contribution in [0.3, 0.4) is 0 Å². The quantitative estimate of drug-likeness (QED) is 0.719. The molecule has 0 aromatic carbocycles. The molecule has 1 saturated carbocycles. The van der Waals surface area contributed by atoms with Crippen LogP contribution in [0.15, 0.2) is 6.07 Å². The Bertz CT molecular complexity index is 700. The lowest BCUT2D eigenvalue weighted by Crippen LogP contribution is -2.51. The van der Waals surface area contributed by atoms with Crippen molar-refractivity contribution in [2.45, 2.75) is 52.1 Å². The number of nitrogens with zero attached hydrogens (tertiary/aromatic N) is 4. The average molecular weight is 402 g/mol. The summed E-state index contributed by atoms with van der Waals surface area (Å²) in [6, 6.07) is 1.99. The van der Waals surface area contributed by atoms with Crippen LogP contribution in [0.25, 0.3) is 0 Å². The molecule has 3 fully saturated rings. The van der Waals surface area contributed by atoms with E-state index in [4.69, 9.17) is 4.74 Å². The number of piperidine rings is 1. The van der Waals surface area contributed by atoms with Crippen LogP contribution < -0.4 is 5.32 Å². The third-order valence-corrected chi connectivity index (χ3v) is 6.38. The van der Waals surface area contributed by atoms with Crippen molar-refractivity contribution in [2.24, 2.45) is 11.8 Å². The number of aromatic nitrogens is 2. The van der Waals surface area contributed by atoms with Gasteiger partial charge in [0.2, 0.25) is 5.91 Å². The first-order valence-electron chi connectivity index (χ1n) is 11.3. The highest BCUT2D eigenvalue weighted by Crippen LogP contribution is 2.31. The molecule has 1 atom stereocenters. The van der Waals surface area contributed by atoms with Gasteiger partial charge >= 0.3 is 0 Å². The highest BCUT2D eigenvalue weighted by molar-refractivity contribution is 5.78. The molecule has 0 radical (unpaired) electrons. The number of hydrogen-bond donors (Lipinski definition) is 1. The Morgan fingerprint density at radius 3 is 2.62 bits per heavy atom. The van der Waals surface area contributed by atoms with Gasteiger partial charge in [0, 0.05) is 37.9 Å². The number of hydrogen-bond acceptors (Lipinski definition) is 6. The van der Waals surface area contributed by atoms with Gasteiger partial charge in [-0.25, -0.2) is 9.97 Å². The molecule has 0 spiro atoms. The largest absolute Gasteiger partial charge is 0.367 e. The van der Waals surface area contributed by atoms with Gasteiger partial charge in [-0.2, -0.15) is 0 Å². The molecule has 2 aliphatic heterocycles. The van der Waals surface area contributed by atoms with Crippen LogP contribution in [0, 0.1) is 18.8 Å². The number of rotatable bonds is 8. The Balaban J connectivity index is 1.24. The van der Waals surface area contributed by atoms with Crippen LogP contribution in [-0.2, 0) is 16.0 Å². The summed E-state index contributed by atoms with van der Waals surface area (Å²) in [4.78, 5) is 25.9. The number of anilines is 1. The molecule has 7 nitrogen and oxygen atoms in total. The number of ether oxygens (including phenoxy) is 1. The van der Waals surface area contributed by atoms with Crippen LogP contribution in [0.1, 0.15) is 44.1 Å². The van der Waals surface area contributed by atoms with Gasteiger partial charge in [-0.15, -0.1) is 0 Å². The summed E-state index contributed by atoms with van der Waals surface area (Å²) < 4.78 is 5.78. The van der Waals surface area contributed by atoms with Crippen molar-refractivity contribution in [1.29, 1.82) is 0 Å². The molecule has 160 valence electrons. The number of carbonyl (C=O) groups excluding carboxylic acids is 1. The molecular formula is C22H35N5O2. The van der Waals surface area contributed by atoms with Crippen LogP contribution in [0.2, 0.25) is 0 Å². The van der Waals surface area contributed by atoms with E-state index in [1.54, 1.807) is 0 Å². The lowest BCUT2D eigenvalue weighted by Gasteiger charge is -2.38. The number of amides is 1. The van der Waals surface area contributed by atoms with E-state index in [9.17, 15) is 4.79 Å². The summed E-state index contributed by atoms with van der Waals surface area (Å²) in [6.45, 7) is 10.1. The molecule has 4 rings (SSSR count). The molecule has 2 saturated heterocycles. The van der Waals surface area contributed by atoms with Crippen LogP contribution >= 0.6 is 0 Å². The molecule has 1 unspecified atom stereocenters. The lowest BCUT2D eigenvalue weighted by molar-refractivity contribution is -0.149. The standard InChI is InChI=1S/C22H35N5O2/c1-3-19-10-21(25-16(2)24-19)23-11-20-14-27(22(28)15-29-20)13-18-6-8-26(9-7-18)12-17-4-5-17/h10,17-18,20H,3-9,11-15H2,1-2H3,(H,23,24,25). The van der Waals surface area contributed by atoms with E-state index in [0.717, 1.165) is 36.2 Å². The number of carbonyl (C=O) groups is 1. The fourth-order valence-electron chi connectivity index (χ4n) is 4.43. The number of aryl methyl sites for hydroxylation is 2. The first-order valence-corrected chi connectivity index (χ1v) is 11.3. The predicted molar refractivity (Wildman–Crippen MR) is 113 cm³/mol. The Morgan fingerprint density at radius 2 is 1.90 bits per heavy atom. The first-order chi connectivity index (χ1) is 14.1. The SMILES string of the molecule is CCc1cc(NCC2CN(CC3CCN(CC4CC4)CC3)C(=O)CO2)nc(C)n1. The summed E-state index contributed by atoms with van der Waals surface area (Å²) in [5.74, 6) is 3.34. The smallest absolute Gasteiger partial charge is 0.248 e. The van der Waals surface area contributed by atoms with Gasteiger partial charge in [0.25, 0.3) is 0 Å². The molecule has 3 aliphatic rings. The van der Waals surface area contributed by atoms with Crippen LogP contribution in [0.5, 0.6) is 0 Å². The Labute approximate surface area is 174 Å². The third-order valence-electron chi connectivity index (χ3n) is 6.38. The minimum Gasteiger partial charge on any atom is -0.367 e. The van der Waals surface area contributed by atoms with Gasteiger partial charge < -0.3 is 19.9 Å². The lowest BCUT2D eigenvalue weighted by atomic mass is 9.95. The molecule has 1 amide bonds. The Hall–Kier alpha value is -1.73. The molecule has 1 aromatic rings. The second-order valence-corrected chi connectivity index (χ2v) is 8.95. The fraction of sp³-hybridized carbons (Fsp3) is 0.773. The van der Waals surface area contributed by atoms with Crippen molar-refractivity contribution >= 4 is 11.7 Å². The summed E-state index contributed by atoms with van der Waals surface area (Å²) in [5, 5.41) is 3.38. The minimum atomic E-state index is 0.00278. The van der Waals surface area contributed by atoms with Gasteiger partial charge in [0.15, 0.2) is 0 Å². The monoisotopic (exact) mass is 401 g/mol. The summed E-state index contributed by atoms with van der Waals surface area (Å²) >= 11 is 0. The summed E-state index contributed by atoms with van der Waals surface area (Å²) in [7, 11) is 0. The topological polar surface area (TPSA) is 70.6 Å². The molecule has 1 aromatic heterocycles.